The number of nitrogens with zero attached hydrogens (tertiary/aromatic N) is 2. The van der Waals surface area contributed by atoms with Crippen LogP contribution in [0, 0.1) is 11.2 Å². The van der Waals surface area contributed by atoms with Gasteiger partial charge in [-0.2, -0.15) is 0 Å². The number of pyridine rings is 1. The minimum absolute atomic E-state index is 0.0632. The van der Waals surface area contributed by atoms with Crippen molar-refractivity contribution in [2.24, 2.45) is 5.41 Å². The van der Waals surface area contributed by atoms with Crippen molar-refractivity contribution >= 4 is 11.8 Å². The van der Waals surface area contributed by atoms with Crippen LogP contribution in [0.2, 0.25) is 0 Å². The predicted octanol–water partition coefficient (Wildman–Crippen LogP) is 4.03. The van der Waals surface area contributed by atoms with Crippen LogP contribution in [0.1, 0.15) is 24.0 Å². The van der Waals surface area contributed by atoms with Gasteiger partial charge in [0.25, 0.3) is 0 Å². The van der Waals surface area contributed by atoms with E-state index < -0.39 is 5.41 Å². The van der Waals surface area contributed by atoms with Crippen molar-refractivity contribution < 1.29 is 14.0 Å². The molecule has 5 nitrogen and oxygen atoms in total. The van der Waals surface area contributed by atoms with Crippen LogP contribution in [0.5, 0.6) is 0 Å². The van der Waals surface area contributed by atoms with Gasteiger partial charge in [-0.25, -0.2) is 4.39 Å². The summed E-state index contributed by atoms with van der Waals surface area (Å²) in [6.07, 6.45) is 5.62. The summed E-state index contributed by atoms with van der Waals surface area (Å²) in [5, 5.41) is 2.83. The first-order chi connectivity index (χ1) is 16.0. The van der Waals surface area contributed by atoms with Crippen LogP contribution in [-0.4, -0.2) is 41.8 Å². The standard InChI is InChI=1S/C27H28FN3O2/c1-29-26(33)27(17-21-8-2-3-11-24(21)22-9-5-13-30-18-22)12-6-14-31(19-27)25(32)16-20-7-4-10-23(28)15-20/h2-5,7-11,13,15,18H,6,12,14,16-17,19H2,1H3,(H,29,33). The molecule has 1 N–H and O–H groups in total. The van der Waals surface area contributed by atoms with E-state index in [2.05, 4.69) is 10.3 Å². The van der Waals surface area contributed by atoms with Crippen LogP contribution in [0.3, 0.4) is 0 Å². The molecule has 0 bridgehead atoms. The fraction of sp³-hybridized carbons (Fsp3) is 0.296. The Morgan fingerprint density at radius 1 is 1.12 bits per heavy atom. The third kappa shape index (κ3) is 5.11. The second-order valence-corrected chi connectivity index (χ2v) is 8.66. The number of nitrogens with one attached hydrogen (secondary N) is 1. The average molecular weight is 446 g/mol. The van der Waals surface area contributed by atoms with Gasteiger partial charge in [-0.05, 0) is 54.2 Å². The molecule has 1 saturated heterocycles. The maximum Gasteiger partial charge on any atom is 0.228 e. The number of carbonyl (C=O) groups is 2. The summed E-state index contributed by atoms with van der Waals surface area (Å²) in [4.78, 5) is 32.3. The summed E-state index contributed by atoms with van der Waals surface area (Å²) in [5.74, 6) is -0.508. The molecule has 0 saturated carbocycles. The van der Waals surface area contributed by atoms with E-state index in [4.69, 9.17) is 0 Å². The molecule has 1 aliphatic heterocycles. The monoisotopic (exact) mass is 445 g/mol. The van der Waals surface area contributed by atoms with Crippen molar-refractivity contribution in [1.82, 2.24) is 15.2 Å². The molecule has 0 spiro atoms. The quantitative estimate of drug-likeness (QED) is 0.623. The number of hydrogen-bond donors (Lipinski definition) is 1. The molecule has 33 heavy (non-hydrogen) atoms. The number of likely N-dealkylation sites (tertiary alicyclic amines) is 1. The van der Waals surface area contributed by atoms with Crippen molar-refractivity contribution in [3.63, 3.8) is 0 Å². The lowest BCUT2D eigenvalue weighted by Gasteiger charge is -2.42. The van der Waals surface area contributed by atoms with E-state index in [0.29, 0.717) is 31.5 Å². The van der Waals surface area contributed by atoms with Crippen molar-refractivity contribution in [3.05, 3.63) is 90.0 Å². The van der Waals surface area contributed by atoms with Crippen molar-refractivity contribution in [1.29, 1.82) is 0 Å². The first-order valence-electron chi connectivity index (χ1n) is 11.2. The van der Waals surface area contributed by atoms with Crippen LogP contribution in [-0.2, 0) is 22.4 Å². The number of piperidine rings is 1. The lowest BCUT2D eigenvalue weighted by atomic mass is 9.73. The summed E-state index contributed by atoms with van der Waals surface area (Å²) >= 11 is 0. The maximum absolute atomic E-state index is 13.6. The normalized spacial score (nSPS) is 18.1. The summed E-state index contributed by atoms with van der Waals surface area (Å²) in [6, 6.07) is 18.1. The molecule has 170 valence electrons. The Kier molecular flexibility index (Phi) is 6.82. The van der Waals surface area contributed by atoms with Crippen LogP contribution in [0.25, 0.3) is 11.1 Å². The fourth-order valence-electron chi connectivity index (χ4n) is 4.80. The van der Waals surface area contributed by atoms with Gasteiger partial charge < -0.3 is 10.2 Å². The molecule has 1 fully saturated rings. The molecule has 1 unspecified atom stereocenters. The summed E-state index contributed by atoms with van der Waals surface area (Å²) in [5.41, 5.74) is 2.99. The number of hydrogen-bond acceptors (Lipinski definition) is 3. The minimum Gasteiger partial charge on any atom is -0.359 e. The molecule has 0 aliphatic carbocycles. The number of benzene rings is 2. The summed E-state index contributed by atoms with van der Waals surface area (Å²) < 4.78 is 13.6. The van der Waals surface area contributed by atoms with E-state index in [1.807, 2.05) is 42.6 Å². The molecule has 2 aromatic carbocycles. The summed E-state index contributed by atoms with van der Waals surface area (Å²) in [7, 11) is 1.64. The molecular weight excluding hydrogens is 417 g/mol. The zero-order chi connectivity index (χ0) is 23.3. The number of aromatic nitrogens is 1. The van der Waals surface area contributed by atoms with Crippen molar-refractivity contribution in [3.8, 4) is 11.1 Å². The molecule has 3 aromatic rings. The third-order valence-corrected chi connectivity index (χ3v) is 6.40. The predicted molar refractivity (Wildman–Crippen MR) is 126 cm³/mol. The van der Waals surface area contributed by atoms with Gasteiger partial charge in [0.1, 0.15) is 5.82 Å². The molecule has 1 aliphatic rings. The van der Waals surface area contributed by atoms with E-state index in [0.717, 1.165) is 23.1 Å². The Bertz CT molecular complexity index is 1130. The third-order valence-electron chi connectivity index (χ3n) is 6.40. The lowest BCUT2D eigenvalue weighted by molar-refractivity contribution is -0.141. The highest BCUT2D eigenvalue weighted by Gasteiger charge is 2.43. The second-order valence-electron chi connectivity index (χ2n) is 8.66. The average Bonchev–Trinajstić information content (AvgIpc) is 2.84. The largest absolute Gasteiger partial charge is 0.359 e. The number of rotatable bonds is 6. The van der Waals surface area contributed by atoms with Gasteiger partial charge in [0.2, 0.25) is 11.8 Å². The number of carbonyl (C=O) groups excluding carboxylic acids is 2. The van der Waals surface area contributed by atoms with Gasteiger partial charge in [-0.15, -0.1) is 0 Å². The molecule has 0 radical (unpaired) electrons. The zero-order valence-electron chi connectivity index (χ0n) is 18.8. The Morgan fingerprint density at radius 2 is 1.97 bits per heavy atom. The highest BCUT2D eigenvalue weighted by molar-refractivity contribution is 5.85. The van der Waals surface area contributed by atoms with E-state index in [9.17, 15) is 14.0 Å². The molecule has 2 heterocycles. The highest BCUT2D eigenvalue weighted by Crippen LogP contribution is 2.37. The van der Waals surface area contributed by atoms with Gasteiger partial charge in [-0.3, -0.25) is 14.6 Å². The highest BCUT2D eigenvalue weighted by atomic mass is 19.1. The Labute approximate surface area is 193 Å². The maximum atomic E-state index is 13.6. The van der Waals surface area contributed by atoms with Gasteiger partial charge in [0, 0.05) is 38.1 Å². The first-order valence-corrected chi connectivity index (χ1v) is 11.2. The van der Waals surface area contributed by atoms with Crippen LogP contribution in [0.15, 0.2) is 73.1 Å². The van der Waals surface area contributed by atoms with Crippen molar-refractivity contribution in [2.45, 2.75) is 25.7 Å². The topological polar surface area (TPSA) is 62.3 Å². The summed E-state index contributed by atoms with van der Waals surface area (Å²) in [6.45, 7) is 0.930. The molecule has 1 aromatic heterocycles. The fourth-order valence-corrected chi connectivity index (χ4v) is 4.80. The zero-order valence-corrected chi connectivity index (χ0v) is 18.8. The Morgan fingerprint density at radius 3 is 2.73 bits per heavy atom. The Hall–Kier alpha value is -3.54. The lowest BCUT2D eigenvalue weighted by Crippen LogP contribution is -2.54. The smallest absolute Gasteiger partial charge is 0.228 e. The Balaban J connectivity index is 1.60. The van der Waals surface area contributed by atoms with Crippen LogP contribution >= 0.6 is 0 Å². The van der Waals surface area contributed by atoms with E-state index in [1.54, 1.807) is 30.3 Å². The van der Waals surface area contributed by atoms with Crippen LogP contribution < -0.4 is 5.32 Å². The first kappa shape index (κ1) is 22.6. The molecule has 1 atom stereocenters. The van der Waals surface area contributed by atoms with Gasteiger partial charge in [-0.1, -0.05) is 42.5 Å². The SMILES string of the molecule is CNC(=O)C1(Cc2ccccc2-c2cccnc2)CCCN(C(=O)Cc2cccc(F)c2)C1. The molecule has 4 rings (SSSR count). The molecular formula is C27H28FN3O2. The molecule has 2 amide bonds. The van der Waals surface area contributed by atoms with E-state index in [1.165, 1.54) is 12.1 Å². The second kappa shape index (κ2) is 9.94. The van der Waals surface area contributed by atoms with E-state index >= 15 is 0 Å². The van der Waals surface area contributed by atoms with Crippen molar-refractivity contribution in [2.75, 3.05) is 20.1 Å². The van der Waals surface area contributed by atoms with Gasteiger partial charge >= 0.3 is 0 Å². The van der Waals surface area contributed by atoms with Gasteiger partial charge in [0.05, 0.1) is 11.8 Å². The van der Waals surface area contributed by atoms with E-state index in [-0.39, 0.29) is 24.1 Å². The van der Waals surface area contributed by atoms with Gasteiger partial charge in [0.15, 0.2) is 0 Å². The number of halogens is 1. The number of amides is 2. The molecule has 6 heteroatoms. The minimum atomic E-state index is -0.733. The van der Waals surface area contributed by atoms with Crippen LogP contribution in [0.4, 0.5) is 4.39 Å².